The van der Waals surface area contributed by atoms with Gasteiger partial charge in [-0.1, -0.05) is 35.5 Å². The molecule has 3 heterocycles. The Morgan fingerprint density at radius 3 is 2.70 bits per heavy atom. The Labute approximate surface area is 158 Å². The number of rotatable bonds is 5. The monoisotopic (exact) mass is 390 g/mol. The number of likely N-dealkylation sites (tertiary alicyclic amines) is 1. The lowest BCUT2D eigenvalue weighted by atomic mass is 10.0. The van der Waals surface area contributed by atoms with Gasteiger partial charge in [-0.15, -0.1) is 0 Å². The van der Waals surface area contributed by atoms with E-state index in [9.17, 15) is 13.2 Å². The van der Waals surface area contributed by atoms with E-state index in [0.717, 1.165) is 18.4 Å². The molecule has 0 N–H and O–H groups in total. The van der Waals surface area contributed by atoms with Crippen molar-refractivity contribution in [2.45, 2.75) is 37.5 Å². The molecular weight excluding hydrogens is 368 g/mol. The van der Waals surface area contributed by atoms with E-state index in [1.165, 1.54) is 11.2 Å². The van der Waals surface area contributed by atoms with Gasteiger partial charge in [-0.05, 0) is 18.4 Å². The number of benzene rings is 1. The van der Waals surface area contributed by atoms with Gasteiger partial charge < -0.3 is 9.42 Å². The number of sulfonamides is 1. The van der Waals surface area contributed by atoms with Crippen molar-refractivity contribution < 1.29 is 17.7 Å². The predicted octanol–water partition coefficient (Wildman–Crippen LogP) is 1.68. The Morgan fingerprint density at radius 1 is 1.26 bits per heavy atom. The third kappa shape index (κ3) is 3.61. The van der Waals surface area contributed by atoms with Crippen LogP contribution < -0.4 is 0 Å². The Morgan fingerprint density at radius 2 is 2.00 bits per heavy atom. The molecule has 4 rings (SSSR count). The minimum absolute atomic E-state index is 0.000857. The first-order valence-corrected chi connectivity index (χ1v) is 10.7. The van der Waals surface area contributed by atoms with Crippen LogP contribution in [0.5, 0.6) is 0 Å². The van der Waals surface area contributed by atoms with Gasteiger partial charge >= 0.3 is 0 Å². The van der Waals surface area contributed by atoms with E-state index < -0.39 is 10.0 Å². The van der Waals surface area contributed by atoms with Gasteiger partial charge in [-0.2, -0.15) is 4.98 Å². The molecular formula is C18H22N4O4S. The summed E-state index contributed by atoms with van der Waals surface area (Å²) < 4.78 is 31.9. The summed E-state index contributed by atoms with van der Waals surface area (Å²) in [5, 5.41) is 4.03. The third-order valence-electron chi connectivity index (χ3n) is 5.20. The van der Waals surface area contributed by atoms with Crippen LogP contribution in [0.3, 0.4) is 0 Å². The summed E-state index contributed by atoms with van der Waals surface area (Å²) in [6.45, 7) is 2.95. The second-order valence-electron chi connectivity index (χ2n) is 7.12. The fourth-order valence-electron chi connectivity index (χ4n) is 3.65. The number of carbonyl (C=O) groups excluding carboxylic acids is 1. The van der Waals surface area contributed by atoms with Gasteiger partial charge in [0, 0.05) is 26.6 Å². The number of aromatic nitrogens is 2. The van der Waals surface area contributed by atoms with Crippen LogP contribution in [0.15, 0.2) is 34.9 Å². The lowest BCUT2D eigenvalue weighted by molar-refractivity contribution is -0.130. The van der Waals surface area contributed by atoms with Gasteiger partial charge in [0.1, 0.15) is 6.04 Å². The molecule has 1 atom stereocenters. The van der Waals surface area contributed by atoms with Crippen LogP contribution in [0, 0.1) is 0 Å². The molecule has 2 fully saturated rings. The normalized spacial score (nSPS) is 21.4. The van der Waals surface area contributed by atoms with E-state index in [0.29, 0.717) is 31.3 Å². The molecule has 1 unspecified atom stereocenters. The Kier molecular flexibility index (Phi) is 4.73. The van der Waals surface area contributed by atoms with Gasteiger partial charge in [-0.3, -0.25) is 4.79 Å². The third-order valence-corrected chi connectivity index (χ3v) is 6.98. The molecule has 0 radical (unpaired) electrons. The number of nitrogens with zero attached hydrogens (tertiary/aromatic N) is 4. The highest BCUT2D eigenvalue weighted by molar-refractivity contribution is 7.88. The molecule has 0 aliphatic carbocycles. The van der Waals surface area contributed by atoms with Crippen LogP contribution in [0.1, 0.15) is 49.0 Å². The number of carbonyl (C=O) groups is 1. The Hall–Kier alpha value is -2.26. The van der Waals surface area contributed by atoms with Crippen molar-refractivity contribution in [3.8, 4) is 0 Å². The highest BCUT2D eigenvalue weighted by atomic mass is 32.2. The maximum absolute atomic E-state index is 12.5. The van der Waals surface area contributed by atoms with Gasteiger partial charge in [0.05, 0.1) is 11.7 Å². The van der Waals surface area contributed by atoms with Crippen molar-refractivity contribution in [1.29, 1.82) is 0 Å². The van der Waals surface area contributed by atoms with E-state index in [-0.39, 0.29) is 23.6 Å². The molecule has 0 bridgehead atoms. The lowest BCUT2D eigenvalue weighted by Crippen LogP contribution is -2.49. The molecule has 2 saturated heterocycles. The van der Waals surface area contributed by atoms with E-state index in [1.54, 1.807) is 4.90 Å². The minimum atomic E-state index is -3.35. The maximum atomic E-state index is 12.5. The summed E-state index contributed by atoms with van der Waals surface area (Å²) in [7, 11) is -3.35. The molecule has 1 amide bonds. The van der Waals surface area contributed by atoms with Crippen molar-refractivity contribution in [3.05, 3.63) is 47.6 Å². The molecule has 0 spiro atoms. The van der Waals surface area contributed by atoms with Gasteiger partial charge in [0.25, 0.3) is 0 Å². The average Bonchev–Trinajstić information content (AvgIpc) is 3.22. The summed E-state index contributed by atoms with van der Waals surface area (Å²) in [6, 6.07) is 8.98. The second-order valence-corrected chi connectivity index (χ2v) is 9.09. The van der Waals surface area contributed by atoms with Crippen molar-refractivity contribution in [3.63, 3.8) is 0 Å². The summed E-state index contributed by atoms with van der Waals surface area (Å²) in [5.74, 6) is 0.891. The van der Waals surface area contributed by atoms with Gasteiger partial charge in [0.2, 0.25) is 21.8 Å². The number of hydrogen-bond donors (Lipinski definition) is 0. The largest absolute Gasteiger partial charge is 0.337 e. The standard InChI is InChI=1S/C18H22N4O4S/c1-13(23)22-9-5-8-16(22)18-19-17(20-26-18)15-10-21(11-15)27(24,25)12-14-6-3-2-4-7-14/h2-4,6-7,15-16H,5,8-12H2,1H3. The van der Waals surface area contributed by atoms with Crippen LogP contribution in [0.25, 0.3) is 0 Å². The first kappa shape index (κ1) is 18.1. The summed E-state index contributed by atoms with van der Waals surface area (Å²) in [5.41, 5.74) is 0.772. The fraction of sp³-hybridized carbons (Fsp3) is 0.500. The molecule has 2 aromatic rings. The smallest absolute Gasteiger partial charge is 0.249 e. The lowest BCUT2D eigenvalue weighted by Gasteiger charge is -2.36. The van der Waals surface area contributed by atoms with Crippen LogP contribution in [0.4, 0.5) is 0 Å². The average molecular weight is 390 g/mol. The van der Waals surface area contributed by atoms with E-state index in [1.807, 2.05) is 30.3 Å². The van der Waals surface area contributed by atoms with E-state index in [4.69, 9.17) is 4.52 Å². The number of hydrogen-bond acceptors (Lipinski definition) is 6. The maximum Gasteiger partial charge on any atom is 0.249 e. The molecule has 8 nitrogen and oxygen atoms in total. The van der Waals surface area contributed by atoms with Gasteiger partial charge in [-0.25, -0.2) is 12.7 Å². The molecule has 9 heteroatoms. The Balaban J connectivity index is 1.39. The van der Waals surface area contributed by atoms with Crippen LogP contribution in [-0.4, -0.2) is 53.3 Å². The first-order chi connectivity index (χ1) is 12.9. The first-order valence-electron chi connectivity index (χ1n) is 9.06. The van der Waals surface area contributed by atoms with Crippen molar-refractivity contribution in [1.82, 2.24) is 19.3 Å². The molecule has 1 aromatic heterocycles. The van der Waals surface area contributed by atoms with Crippen molar-refractivity contribution >= 4 is 15.9 Å². The molecule has 2 aliphatic heterocycles. The van der Waals surface area contributed by atoms with Crippen LogP contribution >= 0.6 is 0 Å². The SMILES string of the molecule is CC(=O)N1CCCC1c1nc(C2CN(S(=O)(=O)Cc3ccccc3)C2)no1. The summed E-state index contributed by atoms with van der Waals surface area (Å²) in [4.78, 5) is 17.9. The molecule has 0 saturated carbocycles. The molecule has 144 valence electrons. The topological polar surface area (TPSA) is 96.6 Å². The van der Waals surface area contributed by atoms with Crippen molar-refractivity contribution in [2.24, 2.45) is 0 Å². The Bertz CT molecular complexity index is 922. The minimum Gasteiger partial charge on any atom is -0.337 e. The van der Waals surface area contributed by atoms with Crippen LogP contribution in [-0.2, 0) is 20.6 Å². The highest BCUT2D eigenvalue weighted by Crippen LogP contribution is 2.33. The summed E-state index contributed by atoms with van der Waals surface area (Å²) in [6.07, 6.45) is 1.72. The fourth-order valence-corrected chi connectivity index (χ4v) is 5.26. The molecule has 1 aromatic carbocycles. The predicted molar refractivity (Wildman–Crippen MR) is 97.0 cm³/mol. The second kappa shape index (κ2) is 7.05. The van der Waals surface area contributed by atoms with Crippen LogP contribution in [0.2, 0.25) is 0 Å². The van der Waals surface area contributed by atoms with Gasteiger partial charge in [0.15, 0.2) is 5.82 Å². The zero-order chi connectivity index (χ0) is 19.0. The quantitative estimate of drug-likeness (QED) is 0.771. The van der Waals surface area contributed by atoms with E-state index in [2.05, 4.69) is 10.1 Å². The van der Waals surface area contributed by atoms with E-state index >= 15 is 0 Å². The summed E-state index contributed by atoms with van der Waals surface area (Å²) >= 11 is 0. The number of amides is 1. The highest BCUT2D eigenvalue weighted by Gasteiger charge is 2.40. The van der Waals surface area contributed by atoms with Crippen molar-refractivity contribution in [2.75, 3.05) is 19.6 Å². The molecule has 27 heavy (non-hydrogen) atoms. The zero-order valence-corrected chi connectivity index (χ0v) is 15.9. The zero-order valence-electron chi connectivity index (χ0n) is 15.1. The molecule has 2 aliphatic rings.